The molecule has 1 saturated carbocycles. The first-order valence-corrected chi connectivity index (χ1v) is 7.90. The van der Waals surface area contributed by atoms with E-state index in [1.807, 2.05) is 31.7 Å². The Labute approximate surface area is 119 Å². The van der Waals surface area contributed by atoms with E-state index in [0.29, 0.717) is 11.3 Å². The van der Waals surface area contributed by atoms with Crippen molar-refractivity contribution in [1.29, 1.82) is 0 Å². The van der Waals surface area contributed by atoms with Gasteiger partial charge in [-0.1, -0.05) is 12.5 Å². The van der Waals surface area contributed by atoms with Crippen LogP contribution in [-0.2, 0) is 0 Å². The van der Waals surface area contributed by atoms with E-state index in [-0.39, 0.29) is 10.7 Å². The predicted octanol–water partition coefficient (Wildman–Crippen LogP) is 2.90. The van der Waals surface area contributed by atoms with Crippen molar-refractivity contribution in [3.05, 3.63) is 28.8 Å². The number of amides is 1. The molecule has 0 spiro atoms. The third-order valence-corrected chi connectivity index (χ3v) is 5.55. The number of anilines is 1. The Morgan fingerprint density at radius 3 is 2.58 bits per heavy atom. The number of carbonyl (C=O) groups excluding carboxylic acids is 1. The SMILES string of the molecule is CSC1(CNC(=O)c2cc(N)c(C)cc2C)CCC1. The summed E-state index contributed by atoms with van der Waals surface area (Å²) in [7, 11) is 0. The van der Waals surface area contributed by atoms with Crippen molar-refractivity contribution >= 4 is 23.4 Å². The smallest absolute Gasteiger partial charge is 0.251 e. The summed E-state index contributed by atoms with van der Waals surface area (Å²) in [4.78, 5) is 12.3. The normalized spacial score (nSPS) is 16.8. The van der Waals surface area contributed by atoms with Crippen molar-refractivity contribution in [1.82, 2.24) is 5.32 Å². The second-order valence-corrected chi connectivity index (χ2v) is 6.72. The minimum Gasteiger partial charge on any atom is -0.398 e. The molecule has 0 heterocycles. The number of benzene rings is 1. The Morgan fingerprint density at radius 2 is 2.05 bits per heavy atom. The van der Waals surface area contributed by atoms with Crippen molar-refractivity contribution in [2.45, 2.75) is 37.9 Å². The summed E-state index contributed by atoms with van der Waals surface area (Å²) in [5.41, 5.74) is 9.27. The molecule has 1 amide bonds. The van der Waals surface area contributed by atoms with Crippen molar-refractivity contribution in [2.24, 2.45) is 0 Å². The molecule has 19 heavy (non-hydrogen) atoms. The molecule has 1 aliphatic carbocycles. The van der Waals surface area contributed by atoms with E-state index < -0.39 is 0 Å². The first kappa shape index (κ1) is 14.3. The molecule has 0 bridgehead atoms. The maximum atomic E-state index is 12.3. The molecule has 0 unspecified atom stereocenters. The van der Waals surface area contributed by atoms with Crippen LogP contribution in [0.25, 0.3) is 0 Å². The quantitative estimate of drug-likeness (QED) is 0.833. The van der Waals surface area contributed by atoms with Gasteiger partial charge in [0.1, 0.15) is 0 Å². The van der Waals surface area contributed by atoms with Crippen LogP contribution < -0.4 is 11.1 Å². The summed E-state index contributed by atoms with van der Waals surface area (Å²) < 4.78 is 0.264. The molecule has 3 nitrogen and oxygen atoms in total. The van der Waals surface area contributed by atoms with Crippen molar-refractivity contribution in [3.63, 3.8) is 0 Å². The molecule has 1 aliphatic rings. The maximum Gasteiger partial charge on any atom is 0.251 e. The van der Waals surface area contributed by atoms with E-state index in [1.165, 1.54) is 19.3 Å². The molecule has 1 aromatic carbocycles. The second kappa shape index (κ2) is 5.45. The molecular formula is C15H22N2OS. The predicted molar refractivity (Wildman–Crippen MR) is 82.8 cm³/mol. The van der Waals surface area contributed by atoms with E-state index in [2.05, 4.69) is 11.6 Å². The summed E-state index contributed by atoms with van der Waals surface area (Å²) in [5, 5.41) is 3.06. The Hall–Kier alpha value is -1.16. The van der Waals surface area contributed by atoms with Gasteiger partial charge in [-0.2, -0.15) is 11.8 Å². The van der Waals surface area contributed by atoms with Gasteiger partial charge in [0, 0.05) is 22.5 Å². The van der Waals surface area contributed by atoms with Gasteiger partial charge >= 0.3 is 0 Å². The number of thioether (sulfide) groups is 1. The van der Waals surface area contributed by atoms with Gasteiger partial charge in [0.25, 0.3) is 5.91 Å². The van der Waals surface area contributed by atoms with Crippen molar-refractivity contribution < 1.29 is 4.79 Å². The van der Waals surface area contributed by atoms with Crippen molar-refractivity contribution in [3.8, 4) is 0 Å². The first-order chi connectivity index (χ1) is 8.97. The second-order valence-electron chi connectivity index (χ2n) is 5.45. The van der Waals surface area contributed by atoms with Gasteiger partial charge in [-0.15, -0.1) is 0 Å². The highest BCUT2D eigenvalue weighted by Gasteiger charge is 2.36. The number of nitrogen functional groups attached to an aromatic ring is 1. The van der Waals surface area contributed by atoms with Gasteiger partial charge < -0.3 is 11.1 Å². The van der Waals surface area contributed by atoms with Crippen LogP contribution in [0.15, 0.2) is 12.1 Å². The van der Waals surface area contributed by atoms with Gasteiger partial charge in [-0.05, 0) is 50.1 Å². The van der Waals surface area contributed by atoms with Crippen LogP contribution in [0.4, 0.5) is 5.69 Å². The molecule has 0 atom stereocenters. The van der Waals surface area contributed by atoms with Crippen molar-refractivity contribution in [2.75, 3.05) is 18.5 Å². The summed E-state index contributed by atoms with van der Waals surface area (Å²) in [6.07, 6.45) is 5.79. The topological polar surface area (TPSA) is 55.1 Å². The number of hydrogen-bond donors (Lipinski definition) is 2. The monoisotopic (exact) mass is 278 g/mol. The van der Waals surface area contributed by atoms with E-state index in [0.717, 1.165) is 17.7 Å². The lowest BCUT2D eigenvalue weighted by Crippen LogP contribution is -2.45. The lowest BCUT2D eigenvalue weighted by molar-refractivity contribution is 0.0943. The van der Waals surface area contributed by atoms with Crippen LogP contribution in [-0.4, -0.2) is 23.5 Å². The molecular weight excluding hydrogens is 256 g/mol. The minimum atomic E-state index is -0.00970. The Bertz CT molecular complexity index is 490. The standard InChI is InChI=1S/C15H22N2OS/c1-10-7-11(2)13(16)8-12(10)14(18)17-9-15(19-3)5-4-6-15/h7-8H,4-6,9,16H2,1-3H3,(H,17,18). The number of nitrogens with two attached hydrogens (primary N) is 1. The summed E-state index contributed by atoms with van der Waals surface area (Å²) >= 11 is 1.87. The first-order valence-electron chi connectivity index (χ1n) is 6.67. The summed E-state index contributed by atoms with van der Waals surface area (Å²) in [6.45, 7) is 4.66. The zero-order valence-corrected chi connectivity index (χ0v) is 12.7. The molecule has 0 aliphatic heterocycles. The fraction of sp³-hybridized carbons (Fsp3) is 0.533. The van der Waals surface area contributed by atoms with Crippen LogP contribution in [0.1, 0.15) is 40.7 Å². The Kier molecular flexibility index (Phi) is 4.09. The lowest BCUT2D eigenvalue weighted by atomic mass is 9.84. The van der Waals surface area contributed by atoms with E-state index in [1.54, 1.807) is 6.07 Å². The lowest BCUT2D eigenvalue weighted by Gasteiger charge is -2.40. The zero-order valence-electron chi connectivity index (χ0n) is 11.9. The van der Waals surface area contributed by atoms with Gasteiger partial charge in [0.2, 0.25) is 0 Å². The third kappa shape index (κ3) is 2.89. The molecule has 4 heteroatoms. The maximum absolute atomic E-state index is 12.3. The molecule has 1 aromatic rings. The number of carbonyl (C=O) groups is 1. The van der Waals surface area contributed by atoms with Crippen LogP contribution in [0, 0.1) is 13.8 Å². The molecule has 0 radical (unpaired) electrons. The highest BCUT2D eigenvalue weighted by Crippen LogP contribution is 2.42. The molecule has 0 aromatic heterocycles. The minimum absolute atomic E-state index is 0.00970. The third-order valence-electron chi connectivity index (χ3n) is 4.13. The summed E-state index contributed by atoms with van der Waals surface area (Å²) in [5.74, 6) is -0.00970. The molecule has 104 valence electrons. The largest absolute Gasteiger partial charge is 0.398 e. The van der Waals surface area contributed by atoms with Crippen LogP contribution in [0.5, 0.6) is 0 Å². The highest BCUT2D eigenvalue weighted by atomic mass is 32.2. The number of nitrogens with one attached hydrogen (secondary N) is 1. The average molecular weight is 278 g/mol. The van der Waals surface area contributed by atoms with Gasteiger partial charge in [-0.3, -0.25) is 4.79 Å². The summed E-state index contributed by atoms with van der Waals surface area (Å²) in [6, 6.07) is 3.75. The zero-order chi connectivity index (χ0) is 14.0. The fourth-order valence-electron chi connectivity index (χ4n) is 2.47. The molecule has 3 N–H and O–H groups in total. The van der Waals surface area contributed by atoms with Gasteiger partial charge in [-0.25, -0.2) is 0 Å². The van der Waals surface area contributed by atoms with E-state index >= 15 is 0 Å². The van der Waals surface area contributed by atoms with Crippen LogP contribution >= 0.6 is 11.8 Å². The van der Waals surface area contributed by atoms with Gasteiger partial charge in [0.05, 0.1) is 0 Å². The van der Waals surface area contributed by atoms with Crippen LogP contribution in [0.2, 0.25) is 0 Å². The molecule has 1 fully saturated rings. The fourth-order valence-corrected chi connectivity index (χ4v) is 3.39. The number of rotatable bonds is 4. The number of aryl methyl sites for hydroxylation is 2. The van der Waals surface area contributed by atoms with Gasteiger partial charge in [0.15, 0.2) is 0 Å². The Morgan fingerprint density at radius 1 is 1.37 bits per heavy atom. The van der Waals surface area contributed by atoms with E-state index in [9.17, 15) is 4.79 Å². The Balaban J connectivity index is 2.06. The number of hydrogen-bond acceptors (Lipinski definition) is 3. The van der Waals surface area contributed by atoms with E-state index in [4.69, 9.17) is 5.73 Å². The average Bonchev–Trinajstić information content (AvgIpc) is 2.32. The van der Waals surface area contributed by atoms with Crippen LogP contribution in [0.3, 0.4) is 0 Å². The molecule has 0 saturated heterocycles. The molecule has 2 rings (SSSR count). The highest BCUT2D eigenvalue weighted by molar-refractivity contribution is 8.00.